The molecule has 3 amide bonds. The molecule has 0 aromatic carbocycles. The molecule has 0 spiro atoms. The number of urea groups is 1. The van der Waals surface area contributed by atoms with E-state index in [2.05, 4.69) is 26.6 Å². The lowest BCUT2D eigenvalue weighted by molar-refractivity contribution is -0.143. The highest BCUT2D eigenvalue weighted by Crippen LogP contribution is 2.14. The van der Waals surface area contributed by atoms with E-state index in [4.69, 9.17) is 9.15 Å². The number of nitrogens with one attached hydrogen (secondary N) is 2. The smallest absolute Gasteiger partial charge is 0.331 e. The molecule has 1 heterocycles. The molecule has 0 fully saturated rings. The Hall–Kier alpha value is -2.09. The Bertz CT molecular complexity index is 586. The Morgan fingerprint density at radius 1 is 1.32 bits per heavy atom. The number of carbonyl (C=O) groups is 3. The predicted molar refractivity (Wildman–Crippen MR) is 82.8 cm³/mol. The second kappa shape index (κ2) is 7.79. The van der Waals surface area contributed by atoms with Gasteiger partial charge in [0.1, 0.15) is 5.76 Å². The minimum atomic E-state index is -0.723. The average Bonchev–Trinajstić information content (AvgIpc) is 2.77. The first kappa shape index (κ1) is 18.0. The fraction of sp³-hybridized carbons (Fsp3) is 0.357. The van der Waals surface area contributed by atoms with E-state index in [1.165, 1.54) is 6.08 Å². The monoisotopic (exact) mass is 372 g/mol. The minimum Gasteiger partial charge on any atom is -0.452 e. The highest BCUT2D eigenvalue weighted by molar-refractivity contribution is 9.10. The topological polar surface area (TPSA) is 97.6 Å². The molecule has 22 heavy (non-hydrogen) atoms. The van der Waals surface area contributed by atoms with Gasteiger partial charge in [0.15, 0.2) is 11.3 Å². The van der Waals surface area contributed by atoms with Gasteiger partial charge >= 0.3 is 12.0 Å². The van der Waals surface area contributed by atoms with Crippen molar-refractivity contribution in [3.05, 3.63) is 28.6 Å². The third-order valence-corrected chi connectivity index (χ3v) is 2.49. The zero-order valence-electron chi connectivity index (χ0n) is 12.4. The number of halogens is 1. The maximum absolute atomic E-state index is 11.4. The molecule has 0 bridgehead atoms. The van der Waals surface area contributed by atoms with E-state index in [0.717, 1.165) is 6.08 Å². The SMILES string of the molecule is CC(C)(C)NC(=O)NC(=O)COC(=O)C=Cc1ccc(Br)o1. The zero-order chi connectivity index (χ0) is 16.8. The Kier molecular flexibility index (Phi) is 6.36. The number of hydrogen-bond acceptors (Lipinski definition) is 5. The number of esters is 1. The maximum Gasteiger partial charge on any atom is 0.331 e. The summed E-state index contributed by atoms with van der Waals surface area (Å²) in [6.07, 6.45) is 2.52. The molecule has 1 aromatic heterocycles. The summed E-state index contributed by atoms with van der Waals surface area (Å²) in [6.45, 7) is 4.77. The molecule has 7 nitrogen and oxygen atoms in total. The standard InChI is InChI=1S/C14H17BrN2O5/c1-14(2,3)17-13(20)16-11(18)8-21-12(19)7-5-9-4-6-10(15)22-9/h4-7H,8H2,1-3H3,(H2,16,17,18,20). The molecule has 0 aliphatic heterocycles. The zero-order valence-corrected chi connectivity index (χ0v) is 14.0. The Labute approximate surface area is 136 Å². The van der Waals surface area contributed by atoms with Gasteiger partial charge in [-0.05, 0) is 54.9 Å². The number of carbonyl (C=O) groups excluding carboxylic acids is 3. The van der Waals surface area contributed by atoms with Crippen molar-refractivity contribution in [2.75, 3.05) is 6.61 Å². The van der Waals surface area contributed by atoms with Crippen LogP contribution in [0.5, 0.6) is 0 Å². The summed E-state index contributed by atoms with van der Waals surface area (Å²) < 4.78 is 10.4. The van der Waals surface area contributed by atoms with Crippen molar-refractivity contribution in [2.45, 2.75) is 26.3 Å². The second-order valence-corrected chi connectivity index (χ2v) is 6.12. The average molecular weight is 373 g/mol. The third-order valence-electron chi connectivity index (χ3n) is 2.06. The van der Waals surface area contributed by atoms with Crippen LogP contribution in [0.3, 0.4) is 0 Å². The number of hydrogen-bond donors (Lipinski definition) is 2. The normalized spacial score (nSPS) is 11.3. The van der Waals surface area contributed by atoms with Crippen molar-refractivity contribution < 1.29 is 23.5 Å². The Balaban J connectivity index is 2.33. The molecule has 0 radical (unpaired) electrons. The van der Waals surface area contributed by atoms with Crippen LogP contribution in [-0.4, -0.2) is 30.1 Å². The first-order chi connectivity index (χ1) is 10.2. The van der Waals surface area contributed by atoms with Gasteiger partial charge in [0.05, 0.1) is 0 Å². The molecule has 0 saturated heterocycles. The molecule has 0 unspecified atom stereocenters. The fourth-order valence-corrected chi connectivity index (χ4v) is 1.61. The van der Waals surface area contributed by atoms with E-state index < -0.39 is 30.1 Å². The lowest BCUT2D eigenvalue weighted by Crippen LogP contribution is -2.49. The summed E-state index contributed by atoms with van der Waals surface area (Å²) >= 11 is 3.12. The highest BCUT2D eigenvalue weighted by Gasteiger charge is 2.16. The first-order valence-electron chi connectivity index (χ1n) is 6.38. The van der Waals surface area contributed by atoms with Gasteiger partial charge in [-0.2, -0.15) is 0 Å². The molecule has 0 saturated carbocycles. The van der Waals surface area contributed by atoms with E-state index >= 15 is 0 Å². The Morgan fingerprint density at radius 2 is 2.00 bits per heavy atom. The molecule has 2 N–H and O–H groups in total. The second-order valence-electron chi connectivity index (χ2n) is 5.34. The summed E-state index contributed by atoms with van der Waals surface area (Å²) in [5.41, 5.74) is -0.471. The highest BCUT2D eigenvalue weighted by atomic mass is 79.9. The van der Waals surface area contributed by atoms with Crippen LogP contribution in [0, 0.1) is 0 Å². The van der Waals surface area contributed by atoms with Crippen LogP contribution in [0.2, 0.25) is 0 Å². The summed E-state index contributed by atoms with van der Waals surface area (Å²) in [5.74, 6) is -0.985. The number of furan rings is 1. The lowest BCUT2D eigenvalue weighted by Gasteiger charge is -2.20. The quantitative estimate of drug-likeness (QED) is 0.623. The molecule has 0 aliphatic carbocycles. The van der Waals surface area contributed by atoms with Crippen LogP contribution >= 0.6 is 15.9 Å². The molecular formula is C14H17BrN2O5. The first-order valence-corrected chi connectivity index (χ1v) is 7.17. The van der Waals surface area contributed by atoms with E-state index in [1.807, 2.05) is 0 Å². The van der Waals surface area contributed by atoms with Gasteiger partial charge in [0.25, 0.3) is 5.91 Å². The minimum absolute atomic E-state index is 0.456. The molecule has 1 rings (SSSR count). The summed E-state index contributed by atoms with van der Waals surface area (Å²) in [4.78, 5) is 34.2. The van der Waals surface area contributed by atoms with Gasteiger partial charge in [0.2, 0.25) is 0 Å². The van der Waals surface area contributed by atoms with Crippen molar-refractivity contribution in [3.8, 4) is 0 Å². The van der Waals surface area contributed by atoms with Crippen molar-refractivity contribution in [1.82, 2.24) is 10.6 Å². The predicted octanol–water partition coefficient (Wildman–Crippen LogP) is 2.22. The van der Waals surface area contributed by atoms with Crippen molar-refractivity contribution in [3.63, 3.8) is 0 Å². The third kappa shape index (κ3) is 7.63. The molecule has 0 atom stereocenters. The molecule has 8 heteroatoms. The van der Waals surface area contributed by atoms with Gasteiger partial charge in [-0.25, -0.2) is 9.59 Å². The van der Waals surface area contributed by atoms with Crippen LogP contribution in [-0.2, 0) is 14.3 Å². The maximum atomic E-state index is 11.4. The fourth-order valence-electron chi connectivity index (χ4n) is 1.29. The van der Waals surface area contributed by atoms with Crippen LogP contribution < -0.4 is 10.6 Å². The van der Waals surface area contributed by atoms with Gasteiger partial charge in [-0.15, -0.1) is 0 Å². The summed E-state index contributed by atoms with van der Waals surface area (Å²) in [5, 5.41) is 4.60. The van der Waals surface area contributed by atoms with Crippen molar-refractivity contribution in [1.29, 1.82) is 0 Å². The van der Waals surface area contributed by atoms with E-state index in [1.54, 1.807) is 32.9 Å². The summed E-state index contributed by atoms with van der Waals surface area (Å²) in [6, 6.07) is 2.67. The van der Waals surface area contributed by atoms with Gasteiger partial charge < -0.3 is 14.5 Å². The van der Waals surface area contributed by atoms with Gasteiger partial charge in [-0.1, -0.05) is 0 Å². The van der Waals surface area contributed by atoms with Crippen LogP contribution in [0.15, 0.2) is 27.3 Å². The van der Waals surface area contributed by atoms with Crippen molar-refractivity contribution in [2.24, 2.45) is 0 Å². The van der Waals surface area contributed by atoms with E-state index in [9.17, 15) is 14.4 Å². The molecule has 1 aromatic rings. The van der Waals surface area contributed by atoms with E-state index in [-0.39, 0.29) is 0 Å². The van der Waals surface area contributed by atoms with Crippen LogP contribution in [0.1, 0.15) is 26.5 Å². The molecule has 120 valence electrons. The number of ether oxygens (including phenoxy) is 1. The van der Waals surface area contributed by atoms with E-state index in [0.29, 0.717) is 10.4 Å². The largest absolute Gasteiger partial charge is 0.452 e. The number of amides is 3. The number of imide groups is 1. The van der Waals surface area contributed by atoms with Crippen molar-refractivity contribution >= 4 is 39.9 Å². The number of rotatable bonds is 4. The lowest BCUT2D eigenvalue weighted by atomic mass is 10.1. The summed E-state index contributed by atoms with van der Waals surface area (Å²) in [7, 11) is 0. The molecular weight excluding hydrogens is 356 g/mol. The van der Waals surface area contributed by atoms with Crippen LogP contribution in [0.25, 0.3) is 6.08 Å². The Morgan fingerprint density at radius 3 is 2.55 bits per heavy atom. The van der Waals surface area contributed by atoms with Gasteiger partial charge in [-0.3, -0.25) is 10.1 Å². The molecule has 0 aliphatic rings. The van der Waals surface area contributed by atoms with Crippen LogP contribution in [0.4, 0.5) is 4.79 Å². The van der Waals surface area contributed by atoms with Gasteiger partial charge in [0, 0.05) is 11.6 Å².